The number of fused-ring (bicyclic) bond motifs is 3. The second kappa shape index (κ2) is 7.07. The van der Waals surface area contributed by atoms with Crippen molar-refractivity contribution in [3.05, 3.63) is 73.9 Å². The summed E-state index contributed by atoms with van der Waals surface area (Å²) in [5.41, 5.74) is 3.76. The van der Waals surface area contributed by atoms with Crippen LogP contribution in [0, 0.1) is 6.92 Å². The van der Waals surface area contributed by atoms with Crippen molar-refractivity contribution >= 4 is 33.0 Å². The average Bonchev–Trinajstić information content (AvgIpc) is 3.35. The summed E-state index contributed by atoms with van der Waals surface area (Å²) in [6, 6.07) is 13.6. The SMILES string of the molecule is COc1cccc2c1OC(c1cc(Br)cs1)N1N=C(c3cc(C)ccc3O)CC21. The van der Waals surface area contributed by atoms with E-state index >= 15 is 0 Å². The molecule has 5 rings (SSSR count). The van der Waals surface area contributed by atoms with Crippen molar-refractivity contribution in [1.82, 2.24) is 5.01 Å². The summed E-state index contributed by atoms with van der Waals surface area (Å²) in [5, 5.41) is 19.4. The Labute approximate surface area is 181 Å². The third-order valence-electron chi connectivity index (χ3n) is 5.29. The Morgan fingerprint density at radius 1 is 1.28 bits per heavy atom. The Morgan fingerprint density at radius 3 is 2.90 bits per heavy atom. The summed E-state index contributed by atoms with van der Waals surface area (Å²) >= 11 is 5.16. The number of para-hydroxylation sites is 1. The number of ether oxygens (including phenoxy) is 2. The van der Waals surface area contributed by atoms with Gasteiger partial charge < -0.3 is 14.6 Å². The highest BCUT2D eigenvalue weighted by molar-refractivity contribution is 9.10. The van der Waals surface area contributed by atoms with Gasteiger partial charge in [0.2, 0.25) is 6.23 Å². The molecule has 2 atom stereocenters. The van der Waals surface area contributed by atoms with Crippen LogP contribution in [0.1, 0.15) is 40.3 Å². The van der Waals surface area contributed by atoms with Gasteiger partial charge in [0.15, 0.2) is 11.5 Å². The third-order valence-corrected chi connectivity index (χ3v) is 7.02. The molecule has 0 bridgehead atoms. The summed E-state index contributed by atoms with van der Waals surface area (Å²) in [7, 11) is 1.66. The van der Waals surface area contributed by atoms with Crippen molar-refractivity contribution in [1.29, 1.82) is 0 Å². The molecule has 5 nitrogen and oxygen atoms in total. The maximum atomic E-state index is 10.4. The number of hydrazone groups is 1. The predicted molar refractivity (Wildman–Crippen MR) is 117 cm³/mol. The molecule has 0 radical (unpaired) electrons. The fourth-order valence-corrected chi connectivity index (χ4v) is 5.40. The fraction of sp³-hybridized carbons (Fsp3) is 0.227. The predicted octanol–water partition coefficient (Wildman–Crippen LogP) is 5.78. The Hall–Kier alpha value is -2.51. The molecule has 0 saturated heterocycles. The molecule has 7 heteroatoms. The lowest BCUT2D eigenvalue weighted by Crippen LogP contribution is -2.33. The molecule has 0 saturated carbocycles. The first kappa shape index (κ1) is 18.5. The Bertz CT molecular complexity index is 1130. The molecule has 0 spiro atoms. The van der Waals surface area contributed by atoms with Crippen molar-refractivity contribution < 1.29 is 14.6 Å². The lowest BCUT2D eigenvalue weighted by atomic mass is 9.95. The van der Waals surface area contributed by atoms with Gasteiger partial charge in [-0.25, -0.2) is 5.01 Å². The van der Waals surface area contributed by atoms with E-state index in [2.05, 4.69) is 28.1 Å². The van der Waals surface area contributed by atoms with E-state index in [0.29, 0.717) is 6.42 Å². The van der Waals surface area contributed by atoms with E-state index in [4.69, 9.17) is 14.6 Å². The van der Waals surface area contributed by atoms with E-state index in [1.807, 2.05) is 41.6 Å². The smallest absolute Gasteiger partial charge is 0.223 e. The molecular formula is C22H19BrN2O3S. The first-order valence-corrected chi connectivity index (χ1v) is 11.0. The molecular weight excluding hydrogens is 452 g/mol. The number of hydrogen-bond donors (Lipinski definition) is 1. The van der Waals surface area contributed by atoms with Crippen LogP contribution in [-0.2, 0) is 0 Å². The van der Waals surface area contributed by atoms with Crippen molar-refractivity contribution in [2.75, 3.05) is 7.11 Å². The summed E-state index contributed by atoms with van der Waals surface area (Å²) in [4.78, 5) is 1.05. The molecule has 2 aromatic carbocycles. The van der Waals surface area contributed by atoms with Crippen LogP contribution in [0.2, 0.25) is 0 Å². The van der Waals surface area contributed by atoms with Gasteiger partial charge in [-0.1, -0.05) is 23.8 Å². The number of methoxy groups -OCH3 is 1. The maximum Gasteiger partial charge on any atom is 0.223 e. The minimum absolute atomic E-state index is 0.00892. The van der Waals surface area contributed by atoms with E-state index < -0.39 is 0 Å². The number of phenols is 1. The molecule has 2 aliphatic heterocycles. The van der Waals surface area contributed by atoms with Crippen LogP contribution in [0.3, 0.4) is 0 Å². The molecule has 29 heavy (non-hydrogen) atoms. The van der Waals surface area contributed by atoms with Crippen LogP contribution in [0.5, 0.6) is 17.2 Å². The molecule has 148 valence electrons. The maximum absolute atomic E-state index is 10.4. The monoisotopic (exact) mass is 470 g/mol. The second-order valence-electron chi connectivity index (χ2n) is 7.18. The first-order chi connectivity index (χ1) is 14.0. The highest BCUT2D eigenvalue weighted by atomic mass is 79.9. The van der Waals surface area contributed by atoms with Gasteiger partial charge in [-0.15, -0.1) is 11.3 Å². The number of phenolic OH excluding ortho intramolecular Hbond substituents is 1. The van der Waals surface area contributed by atoms with Crippen LogP contribution >= 0.6 is 27.3 Å². The van der Waals surface area contributed by atoms with Gasteiger partial charge in [0, 0.05) is 27.4 Å². The third kappa shape index (κ3) is 3.09. The van der Waals surface area contributed by atoms with Crippen molar-refractivity contribution in [3.63, 3.8) is 0 Å². The number of halogens is 1. The standard InChI is InChI=1S/C22H19BrN2O3S/c1-12-6-7-18(26)15(8-12)16-10-17-14-4-3-5-19(27-2)21(14)28-22(25(17)24-16)20-9-13(23)11-29-20/h3-9,11,17,22,26H,10H2,1-2H3. The average molecular weight is 471 g/mol. The number of hydrogen-bond acceptors (Lipinski definition) is 6. The van der Waals surface area contributed by atoms with Gasteiger partial charge in [-0.3, -0.25) is 0 Å². The topological polar surface area (TPSA) is 54.3 Å². The largest absolute Gasteiger partial charge is 0.507 e. The van der Waals surface area contributed by atoms with Crippen LogP contribution in [-0.4, -0.2) is 22.9 Å². The summed E-state index contributed by atoms with van der Waals surface area (Å²) < 4.78 is 13.0. The molecule has 2 unspecified atom stereocenters. The lowest BCUT2D eigenvalue weighted by molar-refractivity contribution is -0.0185. The molecule has 3 aromatic rings. The number of rotatable bonds is 3. The zero-order chi connectivity index (χ0) is 20.1. The van der Waals surface area contributed by atoms with Gasteiger partial charge in [-0.2, -0.15) is 5.10 Å². The normalized spacial score (nSPS) is 20.0. The van der Waals surface area contributed by atoms with Crippen molar-refractivity contribution in [3.8, 4) is 17.2 Å². The molecule has 3 heterocycles. The zero-order valence-electron chi connectivity index (χ0n) is 15.9. The molecule has 0 amide bonds. The van der Waals surface area contributed by atoms with Gasteiger partial charge in [0.05, 0.1) is 23.7 Å². The van der Waals surface area contributed by atoms with Crippen LogP contribution in [0.4, 0.5) is 0 Å². The van der Waals surface area contributed by atoms with Gasteiger partial charge >= 0.3 is 0 Å². The Morgan fingerprint density at radius 2 is 2.14 bits per heavy atom. The summed E-state index contributed by atoms with van der Waals surface area (Å²) in [6.45, 7) is 2.01. The van der Waals surface area contributed by atoms with Crippen LogP contribution in [0.25, 0.3) is 0 Å². The molecule has 0 aliphatic carbocycles. The number of benzene rings is 2. The molecule has 1 N–H and O–H groups in total. The highest BCUT2D eigenvalue weighted by Crippen LogP contribution is 2.51. The van der Waals surface area contributed by atoms with Gasteiger partial charge in [-0.05, 0) is 47.1 Å². The zero-order valence-corrected chi connectivity index (χ0v) is 18.3. The van der Waals surface area contributed by atoms with Crippen molar-refractivity contribution in [2.45, 2.75) is 25.6 Å². The summed E-state index contributed by atoms with van der Waals surface area (Å²) in [5.74, 6) is 1.72. The molecule has 1 aromatic heterocycles. The molecule has 0 fully saturated rings. The number of aryl methyl sites for hydroxylation is 1. The van der Waals surface area contributed by atoms with E-state index in [9.17, 15) is 5.11 Å². The van der Waals surface area contributed by atoms with E-state index in [0.717, 1.165) is 43.3 Å². The minimum Gasteiger partial charge on any atom is -0.507 e. The first-order valence-electron chi connectivity index (χ1n) is 9.28. The van der Waals surface area contributed by atoms with Gasteiger partial charge in [0.1, 0.15) is 5.75 Å². The highest BCUT2D eigenvalue weighted by Gasteiger charge is 2.43. The Balaban J connectivity index is 1.64. The van der Waals surface area contributed by atoms with Crippen LogP contribution < -0.4 is 9.47 Å². The second-order valence-corrected chi connectivity index (χ2v) is 9.04. The molecule has 2 aliphatic rings. The van der Waals surface area contributed by atoms with E-state index in [1.54, 1.807) is 24.5 Å². The minimum atomic E-state index is -0.357. The van der Waals surface area contributed by atoms with E-state index in [1.165, 1.54) is 0 Å². The number of thiophene rings is 1. The summed E-state index contributed by atoms with van der Waals surface area (Å²) in [6.07, 6.45) is 0.327. The fourth-order valence-electron chi connectivity index (χ4n) is 3.93. The Kier molecular flexibility index (Phi) is 4.52. The van der Waals surface area contributed by atoms with Crippen molar-refractivity contribution in [2.24, 2.45) is 5.10 Å². The van der Waals surface area contributed by atoms with E-state index in [-0.39, 0.29) is 18.0 Å². The lowest BCUT2D eigenvalue weighted by Gasteiger charge is -2.38. The number of nitrogens with zero attached hydrogens (tertiary/aromatic N) is 2. The van der Waals surface area contributed by atoms with Gasteiger partial charge in [0.25, 0.3) is 0 Å². The quantitative estimate of drug-likeness (QED) is 0.527. The number of aromatic hydroxyl groups is 1. The van der Waals surface area contributed by atoms with Crippen LogP contribution in [0.15, 0.2) is 57.4 Å².